The van der Waals surface area contributed by atoms with Crippen LogP contribution in [0.15, 0.2) is 0 Å². The van der Waals surface area contributed by atoms with Crippen molar-refractivity contribution >= 4 is 5.91 Å². The number of amides is 1. The van der Waals surface area contributed by atoms with Crippen LogP contribution < -0.4 is 10.6 Å². The third kappa shape index (κ3) is 3.82. The van der Waals surface area contributed by atoms with E-state index in [0.29, 0.717) is 6.04 Å². The summed E-state index contributed by atoms with van der Waals surface area (Å²) in [5.74, 6) is 0.912. The molecule has 0 spiro atoms. The third-order valence-corrected chi connectivity index (χ3v) is 3.31. The highest BCUT2D eigenvalue weighted by atomic mass is 16.2. The molecule has 0 aromatic carbocycles. The lowest BCUT2D eigenvalue weighted by Crippen LogP contribution is -2.49. The van der Waals surface area contributed by atoms with Gasteiger partial charge in [0.25, 0.3) is 0 Å². The van der Waals surface area contributed by atoms with Crippen molar-refractivity contribution in [1.82, 2.24) is 10.6 Å². The van der Waals surface area contributed by atoms with Crippen LogP contribution in [0.25, 0.3) is 0 Å². The highest BCUT2D eigenvalue weighted by Crippen LogP contribution is 2.29. The van der Waals surface area contributed by atoms with Crippen molar-refractivity contribution in [2.24, 2.45) is 5.92 Å². The number of rotatable bonds is 6. The molecule has 0 saturated heterocycles. The molecule has 15 heavy (non-hydrogen) atoms. The first-order valence-corrected chi connectivity index (χ1v) is 6.19. The van der Waals surface area contributed by atoms with Crippen molar-refractivity contribution in [3.8, 4) is 0 Å². The lowest BCUT2D eigenvalue weighted by Gasteiger charge is -2.33. The van der Waals surface area contributed by atoms with E-state index in [4.69, 9.17) is 0 Å². The second-order valence-electron chi connectivity index (χ2n) is 4.66. The summed E-state index contributed by atoms with van der Waals surface area (Å²) in [6.45, 7) is 6.98. The second kappa shape index (κ2) is 6.11. The fourth-order valence-corrected chi connectivity index (χ4v) is 1.95. The van der Waals surface area contributed by atoms with Crippen LogP contribution in [0.3, 0.4) is 0 Å². The molecule has 1 fully saturated rings. The van der Waals surface area contributed by atoms with Crippen LogP contribution in [-0.4, -0.2) is 24.5 Å². The maximum Gasteiger partial charge on any atom is 0.236 e. The largest absolute Gasteiger partial charge is 0.355 e. The molecule has 1 aliphatic rings. The Morgan fingerprint density at radius 1 is 1.40 bits per heavy atom. The maximum atomic E-state index is 11.6. The molecule has 2 atom stereocenters. The minimum absolute atomic E-state index is 0.0628. The van der Waals surface area contributed by atoms with Crippen LogP contribution in [0.2, 0.25) is 0 Å². The molecule has 0 bridgehead atoms. The standard InChI is InChI=1S/C12H24N2O/c1-4-8-13-12(15)10(3)14-9(2)11-6-5-7-11/h9-11,14H,4-8H2,1-3H3,(H,13,15). The normalized spacial score (nSPS) is 20.5. The predicted octanol–water partition coefficient (Wildman–Crippen LogP) is 1.68. The minimum atomic E-state index is -0.0628. The molecule has 2 unspecified atom stereocenters. The third-order valence-electron chi connectivity index (χ3n) is 3.31. The smallest absolute Gasteiger partial charge is 0.236 e. The van der Waals surface area contributed by atoms with Gasteiger partial charge in [0.15, 0.2) is 0 Å². The Bertz CT molecular complexity index is 202. The zero-order valence-corrected chi connectivity index (χ0v) is 10.2. The van der Waals surface area contributed by atoms with E-state index in [1.807, 2.05) is 6.92 Å². The Hall–Kier alpha value is -0.570. The van der Waals surface area contributed by atoms with E-state index in [9.17, 15) is 4.79 Å². The van der Waals surface area contributed by atoms with Crippen LogP contribution >= 0.6 is 0 Å². The zero-order valence-electron chi connectivity index (χ0n) is 10.2. The summed E-state index contributed by atoms with van der Waals surface area (Å²) in [7, 11) is 0. The Balaban J connectivity index is 2.20. The van der Waals surface area contributed by atoms with Gasteiger partial charge in [0, 0.05) is 12.6 Å². The summed E-state index contributed by atoms with van der Waals surface area (Å²) in [5, 5.41) is 6.29. The Morgan fingerprint density at radius 2 is 2.07 bits per heavy atom. The number of carbonyl (C=O) groups excluding carboxylic acids is 1. The molecule has 1 amide bonds. The Labute approximate surface area is 93.0 Å². The highest BCUT2D eigenvalue weighted by molar-refractivity contribution is 5.81. The van der Waals surface area contributed by atoms with Crippen molar-refractivity contribution < 1.29 is 4.79 Å². The first-order valence-electron chi connectivity index (χ1n) is 6.19. The van der Waals surface area contributed by atoms with E-state index in [-0.39, 0.29) is 11.9 Å². The summed E-state index contributed by atoms with van der Waals surface area (Å²) in [4.78, 5) is 11.6. The molecule has 2 N–H and O–H groups in total. The fourth-order valence-electron chi connectivity index (χ4n) is 1.95. The van der Waals surface area contributed by atoms with Gasteiger partial charge in [-0.1, -0.05) is 13.3 Å². The number of hydrogen-bond donors (Lipinski definition) is 2. The molecule has 1 aliphatic carbocycles. The highest BCUT2D eigenvalue weighted by Gasteiger charge is 2.26. The zero-order chi connectivity index (χ0) is 11.3. The van der Waals surface area contributed by atoms with Gasteiger partial charge in [-0.15, -0.1) is 0 Å². The Morgan fingerprint density at radius 3 is 2.53 bits per heavy atom. The van der Waals surface area contributed by atoms with Gasteiger partial charge in [-0.25, -0.2) is 0 Å². The quantitative estimate of drug-likeness (QED) is 0.703. The molecule has 0 aromatic heterocycles. The van der Waals surface area contributed by atoms with Crippen molar-refractivity contribution in [1.29, 1.82) is 0 Å². The number of hydrogen-bond acceptors (Lipinski definition) is 2. The summed E-state index contributed by atoms with van der Waals surface area (Å²) in [6, 6.07) is 0.410. The van der Waals surface area contributed by atoms with E-state index >= 15 is 0 Å². The fraction of sp³-hybridized carbons (Fsp3) is 0.917. The summed E-state index contributed by atoms with van der Waals surface area (Å²) < 4.78 is 0. The lowest BCUT2D eigenvalue weighted by atomic mass is 9.80. The molecular weight excluding hydrogens is 188 g/mol. The second-order valence-corrected chi connectivity index (χ2v) is 4.66. The van der Waals surface area contributed by atoms with Crippen LogP contribution in [0.5, 0.6) is 0 Å². The molecule has 0 radical (unpaired) electrons. The molecule has 88 valence electrons. The molecule has 3 nitrogen and oxygen atoms in total. The van der Waals surface area contributed by atoms with Gasteiger partial charge in [0.2, 0.25) is 5.91 Å². The molecule has 0 aliphatic heterocycles. The van der Waals surface area contributed by atoms with Crippen LogP contribution in [0.1, 0.15) is 46.5 Å². The Kier molecular flexibility index (Phi) is 5.09. The molecule has 0 heterocycles. The molecule has 1 saturated carbocycles. The van der Waals surface area contributed by atoms with Gasteiger partial charge < -0.3 is 10.6 Å². The molecular formula is C12H24N2O. The van der Waals surface area contributed by atoms with Gasteiger partial charge in [0.05, 0.1) is 6.04 Å². The van der Waals surface area contributed by atoms with Gasteiger partial charge >= 0.3 is 0 Å². The van der Waals surface area contributed by atoms with Gasteiger partial charge in [-0.05, 0) is 39.0 Å². The molecule has 0 aromatic rings. The van der Waals surface area contributed by atoms with Gasteiger partial charge in [-0.2, -0.15) is 0 Å². The van der Waals surface area contributed by atoms with E-state index in [1.54, 1.807) is 0 Å². The summed E-state index contributed by atoms with van der Waals surface area (Å²) in [5.41, 5.74) is 0. The SMILES string of the molecule is CCCNC(=O)C(C)NC(C)C1CCC1. The minimum Gasteiger partial charge on any atom is -0.355 e. The summed E-state index contributed by atoms with van der Waals surface area (Å²) in [6.07, 6.45) is 4.98. The first kappa shape index (κ1) is 12.5. The van der Waals surface area contributed by atoms with Crippen molar-refractivity contribution in [3.63, 3.8) is 0 Å². The maximum absolute atomic E-state index is 11.6. The lowest BCUT2D eigenvalue weighted by molar-refractivity contribution is -0.123. The average molecular weight is 212 g/mol. The molecule has 3 heteroatoms. The average Bonchev–Trinajstić information content (AvgIpc) is 2.10. The van der Waals surface area contributed by atoms with E-state index < -0.39 is 0 Å². The van der Waals surface area contributed by atoms with E-state index in [1.165, 1.54) is 19.3 Å². The first-order chi connectivity index (χ1) is 7.15. The summed E-state index contributed by atoms with van der Waals surface area (Å²) >= 11 is 0. The van der Waals surface area contributed by atoms with Gasteiger partial charge in [0.1, 0.15) is 0 Å². The molecule has 1 rings (SSSR count). The van der Waals surface area contributed by atoms with Crippen LogP contribution in [0.4, 0.5) is 0 Å². The predicted molar refractivity (Wildman–Crippen MR) is 62.7 cm³/mol. The number of nitrogens with one attached hydrogen (secondary N) is 2. The van der Waals surface area contributed by atoms with Crippen molar-refractivity contribution in [2.45, 2.75) is 58.5 Å². The van der Waals surface area contributed by atoms with Crippen molar-refractivity contribution in [2.75, 3.05) is 6.54 Å². The van der Waals surface area contributed by atoms with Crippen molar-refractivity contribution in [3.05, 3.63) is 0 Å². The van der Waals surface area contributed by atoms with Gasteiger partial charge in [-0.3, -0.25) is 4.79 Å². The van der Waals surface area contributed by atoms with Crippen LogP contribution in [-0.2, 0) is 4.79 Å². The topological polar surface area (TPSA) is 41.1 Å². The monoisotopic (exact) mass is 212 g/mol. The van der Waals surface area contributed by atoms with E-state index in [2.05, 4.69) is 24.5 Å². The number of carbonyl (C=O) groups is 1. The van der Waals surface area contributed by atoms with Crippen LogP contribution in [0, 0.1) is 5.92 Å². The van der Waals surface area contributed by atoms with E-state index in [0.717, 1.165) is 18.9 Å².